The molecular weight excluding hydrogens is 502 g/mol. The molecule has 0 saturated heterocycles. The maximum absolute atomic E-state index is 11.7. The van der Waals surface area contributed by atoms with Gasteiger partial charge in [-0.2, -0.15) is 0 Å². The van der Waals surface area contributed by atoms with Crippen molar-refractivity contribution in [2.24, 2.45) is 0 Å². The molecule has 0 radical (unpaired) electrons. The van der Waals surface area contributed by atoms with E-state index in [-0.39, 0.29) is 6.61 Å². The van der Waals surface area contributed by atoms with Crippen LogP contribution in [-0.4, -0.2) is 30.9 Å². The van der Waals surface area contributed by atoms with Crippen LogP contribution in [0, 0.1) is 0 Å². The number of hydrogen-bond acceptors (Lipinski definition) is 5. The molecule has 0 fully saturated rings. The quantitative estimate of drug-likeness (QED) is 0.171. The van der Waals surface area contributed by atoms with Gasteiger partial charge in [0.05, 0.1) is 19.3 Å². The summed E-state index contributed by atoms with van der Waals surface area (Å²) in [5.41, 5.74) is 3.66. The molecule has 1 aromatic heterocycles. The summed E-state index contributed by atoms with van der Waals surface area (Å²) in [5, 5.41) is 1.15. The fourth-order valence-electron chi connectivity index (χ4n) is 4.96. The summed E-state index contributed by atoms with van der Waals surface area (Å²) in [6.45, 7) is 4.60. The Kier molecular flexibility index (Phi) is 8.06. The van der Waals surface area contributed by atoms with Crippen LogP contribution in [0.15, 0.2) is 109 Å². The van der Waals surface area contributed by atoms with E-state index >= 15 is 0 Å². The third-order valence-corrected chi connectivity index (χ3v) is 7.12. The fourth-order valence-corrected chi connectivity index (χ4v) is 4.96. The first kappa shape index (κ1) is 26.9. The minimum atomic E-state index is -0.603. The van der Waals surface area contributed by atoms with E-state index in [2.05, 4.69) is 42.0 Å². The van der Waals surface area contributed by atoms with Gasteiger partial charge in [0.2, 0.25) is 0 Å². The molecule has 204 valence electrons. The number of methoxy groups -OCH3 is 1. The number of rotatable bonds is 11. The van der Waals surface area contributed by atoms with Crippen LogP contribution in [0.1, 0.15) is 30.5 Å². The van der Waals surface area contributed by atoms with Gasteiger partial charge in [-0.05, 0) is 72.3 Å². The molecule has 1 heterocycles. The minimum Gasteiger partial charge on any atom is -0.493 e. The molecular formula is C34H33NO5. The highest BCUT2D eigenvalue weighted by Gasteiger charge is 2.33. The standard InChI is InChI=1S/C34H33NO5/c1-4-38-33(36)24-39-29-17-14-27(15-18-29)34(2,35-21-20-26-12-8-9-13-30(26)35)28-16-19-31(32(22-28)37-3)40-23-25-10-6-5-7-11-25/h5-22H,4,23-24H2,1-3H3. The third kappa shape index (κ3) is 5.52. The summed E-state index contributed by atoms with van der Waals surface area (Å²) < 4.78 is 24.8. The fraction of sp³-hybridized carbons (Fsp3) is 0.206. The second-order valence-electron chi connectivity index (χ2n) is 9.57. The van der Waals surface area contributed by atoms with Crippen molar-refractivity contribution in [3.63, 3.8) is 0 Å². The Morgan fingerprint density at radius 1 is 0.800 bits per heavy atom. The SMILES string of the molecule is CCOC(=O)COc1ccc(C(C)(c2ccc(OCc3ccccc3)c(OC)c2)n2ccc3ccccc32)cc1. The molecule has 1 unspecified atom stereocenters. The van der Waals surface area contributed by atoms with E-state index in [1.54, 1.807) is 14.0 Å². The molecule has 40 heavy (non-hydrogen) atoms. The molecule has 6 heteroatoms. The Hall–Kier alpha value is -4.71. The summed E-state index contributed by atoms with van der Waals surface area (Å²) in [4.78, 5) is 11.7. The van der Waals surface area contributed by atoms with Crippen LogP contribution >= 0.6 is 0 Å². The van der Waals surface area contributed by atoms with Gasteiger partial charge < -0.3 is 23.5 Å². The number of ether oxygens (including phenoxy) is 4. The van der Waals surface area contributed by atoms with E-state index < -0.39 is 11.5 Å². The molecule has 5 rings (SSSR count). The van der Waals surface area contributed by atoms with E-state index in [9.17, 15) is 4.79 Å². The van der Waals surface area contributed by atoms with Crippen molar-refractivity contribution in [2.75, 3.05) is 20.3 Å². The van der Waals surface area contributed by atoms with Crippen molar-refractivity contribution in [3.8, 4) is 17.2 Å². The highest BCUT2D eigenvalue weighted by Crippen LogP contribution is 2.41. The van der Waals surface area contributed by atoms with Crippen LogP contribution in [0.3, 0.4) is 0 Å². The molecule has 5 aromatic rings. The van der Waals surface area contributed by atoms with Gasteiger partial charge >= 0.3 is 5.97 Å². The molecule has 4 aromatic carbocycles. The first-order valence-electron chi connectivity index (χ1n) is 13.3. The molecule has 0 saturated carbocycles. The summed E-state index contributed by atoms with van der Waals surface area (Å²) in [5.74, 6) is 1.54. The van der Waals surface area contributed by atoms with E-state index in [0.717, 1.165) is 27.6 Å². The number of nitrogens with zero attached hydrogens (tertiary/aromatic N) is 1. The number of esters is 1. The third-order valence-electron chi connectivity index (χ3n) is 7.12. The van der Waals surface area contributed by atoms with E-state index in [1.165, 1.54) is 0 Å². The summed E-state index contributed by atoms with van der Waals surface area (Å²) >= 11 is 0. The largest absolute Gasteiger partial charge is 0.493 e. The summed E-state index contributed by atoms with van der Waals surface area (Å²) in [6.07, 6.45) is 2.11. The maximum Gasteiger partial charge on any atom is 0.344 e. The summed E-state index contributed by atoms with van der Waals surface area (Å²) in [6, 6.07) is 34.4. The second kappa shape index (κ2) is 12.0. The number of para-hydroxylation sites is 1. The average molecular weight is 536 g/mol. The van der Waals surface area contributed by atoms with E-state index in [4.69, 9.17) is 18.9 Å². The van der Waals surface area contributed by atoms with Crippen LogP contribution in [0.4, 0.5) is 0 Å². The van der Waals surface area contributed by atoms with Crippen LogP contribution in [0.5, 0.6) is 17.2 Å². The molecule has 0 spiro atoms. The molecule has 6 nitrogen and oxygen atoms in total. The van der Waals surface area contributed by atoms with Crippen LogP contribution in [0.25, 0.3) is 10.9 Å². The maximum atomic E-state index is 11.7. The highest BCUT2D eigenvalue weighted by molar-refractivity contribution is 5.81. The molecule has 0 bridgehead atoms. The summed E-state index contributed by atoms with van der Waals surface area (Å²) in [7, 11) is 1.66. The lowest BCUT2D eigenvalue weighted by Crippen LogP contribution is -2.32. The Morgan fingerprint density at radius 2 is 1.52 bits per heavy atom. The topological polar surface area (TPSA) is 58.9 Å². The van der Waals surface area contributed by atoms with Crippen LogP contribution < -0.4 is 14.2 Å². The molecule has 0 aliphatic heterocycles. The minimum absolute atomic E-state index is 0.131. The number of hydrogen-bond donors (Lipinski definition) is 0. The van der Waals surface area contributed by atoms with Crippen molar-refractivity contribution in [1.82, 2.24) is 4.57 Å². The van der Waals surface area contributed by atoms with E-state index in [0.29, 0.717) is 30.5 Å². The van der Waals surface area contributed by atoms with Gasteiger partial charge in [0.25, 0.3) is 0 Å². The lowest BCUT2D eigenvalue weighted by Gasteiger charge is -2.34. The Labute approximate surface area is 234 Å². The molecule has 0 aliphatic rings. The van der Waals surface area contributed by atoms with Gasteiger partial charge in [0.15, 0.2) is 18.1 Å². The predicted octanol–water partition coefficient (Wildman–Crippen LogP) is 6.98. The Morgan fingerprint density at radius 3 is 2.27 bits per heavy atom. The van der Waals surface area contributed by atoms with Gasteiger partial charge in [0, 0.05) is 11.7 Å². The first-order chi connectivity index (χ1) is 19.5. The number of carbonyl (C=O) groups is 1. The van der Waals surface area contributed by atoms with Gasteiger partial charge in [-0.1, -0.05) is 66.7 Å². The van der Waals surface area contributed by atoms with Gasteiger partial charge in [-0.25, -0.2) is 4.79 Å². The second-order valence-corrected chi connectivity index (χ2v) is 9.57. The zero-order valence-electron chi connectivity index (χ0n) is 23.0. The smallest absolute Gasteiger partial charge is 0.344 e. The molecule has 0 N–H and O–H groups in total. The number of benzene rings is 4. The van der Waals surface area contributed by atoms with Crippen molar-refractivity contribution < 1.29 is 23.7 Å². The van der Waals surface area contributed by atoms with Crippen molar-refractivity contribution in [3.05, 3.63) is 126 Å². The lowest BCUT2D eigenvalue weighted by atomic mass is 9.83. The van der Waals surface area contributed by atoms with Crippen LogP contribution in [-0.2, 0) is 21.7 Å². The predicted molar refractivity (Wildman–Crippen MR) is 156 cm³/mol. The number of carbonyl (C=O) groups excluding carboxylic acids is 1. The van der Waals surface area contributed by atoms with E-state index in [1.807, 2.05) is 78.9 Å². The zero-order chi connectivity index (χ0) is 28.0. The zero-order valence-corrected chi connectivity index (χ0v) is 23.0. The average Bonchev–Trinajstić information content (AvgIpc) is 3.44. The number of aromatic nitrogens is 1. The van der Waals surface area contributed by atoms with Gasteiger partial charge in [0.1, 0.15) is 12.4 Å². The van der Waals surface area contributed by atoms with Crippen molar-refractivity contribution >= 4 is 16.9 Å². The van der Waals surface area contributed by atoms with Crippen LogP contribution in [0.2, 0.25) is 0 Å². The monoisotopic (exact) mass is 535 g/mol. The molecule has 0 amide bonds. The Balaban J connectivity index is 1.52. The molecule has 1 atom stereocenters. The van der Waals surface area contributed by atoms with Gasteiger partial charge in [-0.3, -0.25) is 0 Å². The van der Waals surface area contributed by atoms with Crippen molar-refractivity contribution in [2.45, 2.75) is 26.0 Å². The number of fused-ring (bicyclic) bond motifs is 1. The van der Waals surface area contributed by atoms with Crippen molar-refractivity contribution in [1.29, 1.82) is 0 Å². The normalized spacial score (nSPS) is 12.5. The lowest BCUT2D eigenvalue weighted by molar-refractivity contribution is -0.145. The van der Waals surface area contributed by atoms with Gasteiger partial charge in [-0.15, -0.1) is 0 Å². The highest BCUT2D eigenvalue weighted by atomic mass is 16.6. The molecule has 0 aliphatic carbocycles. The first-order valence-corrected chi connectivity index (χ1v) is 13.3. The Bertz CT molecular complexity index is 1580.